The first-order valence-electron chi connectivity index (χ1n) is 8.12. The second-order valence-corrected chi connectivity index (χ2v) is 6.02. The zero-order valence-corrected chi connectivity index (χ0v) is 13.4. The predicted molar refractivity (Wildman–Crippen MR) is 89.4 cm³/mol. The summed E-state index contributed by atoms with van der Waals surface area (Å²) < 4.78 is 15.4. The number of fused-ring (bicyclic) bond motifs is 1. The SMILES string of the molecule is O=C(Cn1nc2nc(N3CCCC3)ccn2c1=O)c1ccc(F)cc1. The summed E-state index contributed by atoms with van der Waals surface area (Å²) in [5.74, 6) is 0.318. The molecule has 128 valence electrons. The number of aromatic nitrogens is 4. The van der Waals surface area contributed by atoms with Crippen molar-refractivity contribution in [3.63, 3.8) is 0 Å². The quantitative estimate of drug-likeness (QED) is 0.673. The van der Waals surface area contributed by atoms with Gasteiger partial charge in [0, 0.05) is 24.8 Å². The van der Waals surface area contributed by atoms with Crippen molar-refractivity contribution < 1.29 is 9.18 Å². The van der Waals surface area contributed by atoms with Crippen LogP contribution in [-0.4, -0.2) is 38.0 Å². The molecule has 1 aliphatic rings. The molecule has 0 amide bonds. The maximum absolute atomic E-state index is 13.0. The van der Waals surface area contributed by atoms with Gasteiger partial charge < -0.3 is 4.90 Å². The number of hydrogen-bond acceptors (Lipinski definition) is 5. The third kappa shape index (κ3) is 2.90. The molecule has 8 heteroatoms. The van der Waals surface area contributed by atoms with Crippen LogP contribution in [-0.2, 0) is 6.54 Å². The second-order valence-electron chi connectivity index (χ2n) is 6.02. The molecule has 3 heterocycles. The van der Waals surface area contributed by atoms with E-state index in [0.717, 1.165) is 36.4 Å². The lowest BCUT2D eigenvalue weighted by Crippen LogP contribution is -2.25. The van der Waals surface area contributed by atoms with Gasteiger partial charge >= 0.3 is 5.69 Å². The molecule has 0 spiro atoms. The lowest BCUT2D eigenvalue weighted by atomic mass is 10.1. The Hall–Kier alpha value is -3.03. The molecule has 7 nitrogen and oxygen atoms in total. The molecule has 3 aromatic rings. The van der Waals surface area contributed by atoms with Gasteiger partial charge in [0.2, 0.25) is 0 Å². The van der Waals surface area contributed by atoms with E-state index in [2.05, 4.69) is 15.0 Å². The molecule has 25 heavy (non-hydrogen) atoms. The largest absolute Gasteiger partial charge is 0.356 e. The third-order valence-electron chi connectivity index (χ3n) is 4.33. The molecular weight excluding hydrogens is 325 g/mol. The standard InChI is InChI=1S/C17H16FN5O2/c18-13-5-3-12(4-6-13)14(24)11-23-17(25)22-10-7-15(19-16(22)20-23)21-8-1-2-9-21/h3-7,10H,1-2,8-9,11H2. The minimum absolute atomic E-state index is 0.215. The first kappa shape index (κ1) is 15.5. The zero-order valence-electron chi connectivity index (χ0n) is 13.4. The van der Waals surface area contributed by atoms with Crippen molar-refractivity contribution in [3.8, 4) is 0 Å². The molecule has 1 aliphatic heterocycles. The van der Waals surface area contributed by atoms with Crippen molar-refractivity contribution in [1.82, 2.24) is 19.2 Å². The summed E-state index contributed by atoms with van der Waals surface area (Å²) in [7, 11) is 0. The van der Waals surface area contributed by atoms with E-state index in [9.17, 15) is 14.0 Å². The maximum atomic E-state index is 13.0. The Morgan fingerprint density at radius 2 is 1.84 bits per heavy atom. The van der Waals surface area contributed by atoms with E-state index >= 15 is 0 Å². The van der Waals surface area contributed by atoms with Gasteiger partial charge in [0.25, 0.3) is 5.78 Å². The van der Waals surface area contributed by atoms with Crippen LogP contribution in [0.4, 0.5) is 10.2 Å². The van der Waals surface area contributed by atoms with Crippen LogP contribution in [0.3, 0.4) is 0 Å². The summed E-state index contributed by atoms with van der Waals surface area (Å²) in [5.41, 5.74) is -0.0954. The second kappa shape index (κ2) is 6.12. The first-order chi connectivity index (χ1) is 12.1. The Bertz CT molecular complexity index is 986. The molecule has 0 radical (unpaired) electrons. The number of rotatable bonds is 4. The fourth-order valence-electron chi connectivity index (χ4n) is 2.98. The van der Waals surface area contributed by atoms with Crippen molar-refractivity contribution in [2.75, 3.05) is 18.0 Å². The Balaban J connectivity index is 1.63. The minimum Gasteiger partial charge on any atom is -0.356 e. The van der Waals surface area contributed by atoms with Crippen LogP contribution in [0.1, 0.15) is 23.2 Å². The zero-order chi connectivity index (χ0) is 17.4. The fraction of sp³-hybridized carbons (Fsp3) is 0.294. The number of benzene rings is 1. The van der Waals surface area contributed by atoms with Crippen LogP contribution >= 0.6 is 0 Å². The van der Waals surface area contributed by atoms with Gasteiger partial charge in [-0.15, -0.1) is 5.10 Å². The number of carbonyl (C=O) groups excluding carboxylic acids is 1. The van der Waals surface area contributed by atoms with Crippen LogP contribution in [0.2, 0.25) is 0 Å². The van der Waals surface area contributed by atoms with E-state index in [4.69, 9.17) is 0 Å². The van der Waals surface area contributed by atoms with Crippen molar-refractivity contribution >= 4 is 17.4 Å². The van der Waals surface area contributed by atoms with E-state index in [-0.39, 0.29) is 18.1 Å². The molecule has 1 saturated heterocycles. The molecule has 0 N–H and O–H groups in total. The number of ketones is 1. The highest BCUT2D eigenvalue weighted by Crippen LogP contribution is 2.17. The summed E-state index contributed by atoms with van der Waals surface area (Å²) in [6, 6.07) is 6.99. The highest BCUT2D eigenvalue weighted by molar-refractivity contribution is 5.95. The molecule has 0 saturated carbocycles. The van der Waals surface area contributed by atoms with Gasteiger partial charge in [0.1, 0.15) is 18.2 Å². The van der Waals surface area contributed by atoms with Gasteiger partial charge in [-0.05, 0) is 43.2 Å². The Morgan fingerprint density at radius 1 is 1.12 bits per heavy atom. The summed E-state index contributed by atoms with van der Waals surface area (Å²) >= 11 is 0. The minimum atomic E-state index is -0.425. The Kier molecular flexibility index (Phi) is 3.79. The normalized spacial score (nSPS) is 14.4. The molecule has 0 unspecified atom stereocenters. The molecule has 1 aromatic carbocycles. The summed E-state index contributed by atoms with van der Waals surface area (Å²) in [5, 5.41) is 4.16. The van der Waals surface area contributed by atoms with E-state index in [0.29, 0.717) is 5.56 Å². The molecular formula is C17H16FN5O2. The van der Waals surface area contributed by atoms with Crippen LogP contribution in [0.5, 0.6) is 0 Å². The van der Waals surface area contributed by atoms with Gasteiger partial charge in [0.05, 0.1) is 0 Å². The molecule has 1 fully saturated rings. The van der Waals surface area contributed by atoms with Gasteiger partial charge in [-0.3, -0.25) is 4.79 Å². The van der Waals surface area contributed by atoms with E-state index < -0.39 is 11.5 Å². The molecule has 4 rings (SSSR count). The summed E-state index contributed by atoms with van der Waals surface area (Å²) in [6.45, 7) is 1.67. The number of nitrogens with zero attached hydrogens (tertiary/aromatic N) is 5. The number of carbonyl (C=O) groups is 1. The first-order valence-corrected chi connectivity index (χ1v) is 8.12. The van der Waals surface area contributed by atoms with Crippen molar-refractivity contribution in [2.24, 2.45) is 0 Å². The Morgan fingerprint density at radius 3 is 2.56 bits per heavy atom. The van der Waals surface area contributed by atoms with Crippen LogP contribution in [0.15, 0.2) is 41.3 Å². The average Bonchev–Trinajstić information content (AvgIpc) is 3.24. The van der Waals surface area contributed by atoms with Gasteiger partial charge in [-0.1, -0.05) is 0 Å². The van der Waals surface area contributed by atoms with E-state index in [1.54, 1.807) is 12.3 Å². The number of anilines is 1. The van der Waals surface area contributed by atoms with Gasteiger partial charge in [-0.25, -0.2) is 18.3 Å². The summed E-state index contributed by atoms with van der Waals surface area (Å²) in [6.07, 6.45) is 3.88. The average molecular weight is 341 g/mol. The highest BCUT2D eigenvalue weighted by Gasteiger charge is 2.17. The number of hydrogen-bond donors (Lipinski definition) is 0. The summed E-state index contributed by atoms with van der Waals surface area (Å²) in [4.78, 5) is 31.2. The lowest BCUT2D eigenvalue weighted by Gasteiger charge is -2.15. The highest BCUT2D eigenvalue weighted by atomic mass is 19.1. The molecule has 0 bridgehead atoms. The van der Waals surface area contributed by atoms with Crippen LogP contribution < -0.4 is 10.6 Å². The predicted octanol–water partition coefficient (Wildman–Crippen LogP) is 1.51. The molecule has 0 aliphatic carbocycles. The van der Waals surface area contributed by atoms with Crippen LogP contribution in [0.25, 0.3) is 5.78 Å². The van der Waals surface area contributed by atoms with Crippen LogP contribution in [0, 0.1) is 5.82 Å². The fourth-order valence-corrected chi connectivity index (χ4v) is 2.98. The van der Waals surface area contributed by atoms with E-state index in [1.165, 1.54) is 28.7 Å². The number of halogens is 1. The molecule has 0 atom stereocenters. The monoisotopic (exact) mass is 341 g/mol. The third-order valence-corrected chi connectivity index (χ3v) is 4.33. The van der Waals surface area contributed by atoms with Crippen molar-refractivity contribution in [2.45, 2.75) is 19.4 Å². The Labute approximate surface area is 142 Å². The van der Waals surface area contributed by atoms with Crippen molar-refractivity contribution in [3.05, 3.63) is 58.4 Å². The van der Waals surface area contributed by atoms with Gasteiger partial charge in [-0.2, -0.15) is 4.98 Å². The smallest absolute Gasteiger partial charge is 0.352 e. The van der Waals surface area contributed by atoms with E-state index in [1.807, 2.05) is 0 Å². The lowest BCUT2D eigenvalue weighted by molar-refractivity contribution is 0.0966. The number of Topliss-reactive ketones (excluding diaryl/α,β-unsaturated/α-hetero) is 1. The molecule has 2 aromatic heterocycles. The maximum Gasteiger partial charge on any atom is 0.352 e. The topological polar surface area (TPSA) is 72.5 Å². The van der Waals surface area contributed by atoms with Gasteiger partial charge in [0.15, 0.2) is 5.78 Å². The van der Waals surface area contributed by atoms with Crippen molar-refractivity contribution in [1.29, 1.82) is 0 Å².